The molecule has 0 atom stereocenters. The number of aromatic nitrogens is 1. The summed E-state index contributed by atoms with van der Waals surface area (Å²) in [7, 11) is -3.53. The molecule has 2 rings (SSSR count). The topological polar surface area (TPSA) is 85.1 Å². The summed E-state index contributed by atoms with van der Waals surface area (Å²) in [6.45, 7) is 2.56. The van der Waals surface area contributed by atoms with Gasteiger partial charge in [-0.05, 0) is 24.1 Å². The molecule has 20 heavy (non-hydrogen) atoms. The summed E-state index contributed by atoms with van der Waals surface area (Å²) in [6.07, 6.45) is 2.69. The fourth-order valence-corrected chi connectivity index (χ4v) is 3.62. The van der Waals surface area contributed by atoms with Gasteiger partial charge in [-0.25, -0.2) is 18.1 Å². The van der Waals surface area contributed by atoms with Gasteiger partial charge in [0.25, 0.3) is 0 Å². The van der Waals surface area contributed by atoms with Gasteiger partial charge in [-0.2, -0.15) is 0 Å². The van der Waals surface area contributed by atoms with Crippen molar-refractivity contribution in [1.82, 2.24) is 9.71 Å². The number of nitrogens with two attached hydrogens (primary N) is 1. The molecule has 1 aromatic heterocycles. The van der Waals surface area contributed by atoms with Crippen LogP contribution in [0.3, 0.4) is 0 Å². The van der Waals surface area contributed by atoms with E-state index in [1.807, 2.05) is 6.92 Å². The van der Waals surface area contributed by atoms with Crippen LogP contribution in [0.25, 0.3) is 0 Å². The van der Waals surface area contributed by atoms with Crippen molar-refractivity contribution in [1.29, 1.82) is 0 Å². The molecule has 0 aliphatic heterocycles. The van der Waals surface area contributed by atoms with Crippen molar-refractivity contribution in [3.63, 3.8) is 0 Å². The van der Waals surface area contributed by atoms with Gasteiger partial charge in [-0.3, -0.25) is 0 Å². The molecular formula is C13H17N3O2S2. The zero-order valence-corrected chi connectivity index (χ0v) is 12.8. The lowest BCUT2D eigenvalue weighted by Gasteiger charge is -2.06. The van der Waals surface area contributed by atoms with Crippen LogP contribution >= 0.6 is 11.3 Å². The van der Waals surface area contributed by atoms with E-state index in [2.05, 4.69) is 9.71 Å². The summed E-state index contributed by atoms with van der Waals surface area (Å²) in [4.78, 5) is 5.56. The molecule has 0 unspecified atom stereocenters. The Hall–Kier alpha value is -1.28. The molecule has 0 amide bonds. The minimum atomic E-state index is -3.53. The van der Waals surface area contributed by atoms with Crippen LogP contribution < -0.4 is 10.5 Å². The van der Waals surface area contributed by atoms with Gasteiger partial charge in [0.05, 0.1) is 11.4 Å². The van der Waals surface area contributed by atoms with E-state index in [-0.39, 0.29) is 11.4 Å². The zero-order valence-electron chi connectivity index (χ0n) is 11.2. The van der Waals surface area contributed by atoms with Gasteiger partial charge in [0, 0.05) is 17.6 Å². The maximum atomic E-state index is 12.2. The van der Waals surface area contributed by atoms with E-state index in [1.165, 1.54) is 11.3 Å². The molecule has 7 heteroatoms. The fourth-order valence-electron chi connectivity index (χ4n) is 1.67. The minimum absolute atomic E-state index is 0.208. The van der Waals surface area contributed by atoms with Gasteiger partial charge in [-0.15, -0.1) is 11.3 Å². The van der Waals surface area contributed by atoms with Crippen molar-refractivity contribution >= 4 is 21.4 Å². The summed E-state index contributed by atoms with van der Waals surface area (Å²) in [5, 5.41) is 0.764. The first-order chi connectivity index (χ1) is 9.55. The predicted molar refractivity (Wildman–Crippen MR) is 79.9 cm³/mol. The van der Waals surface area contributed by atoms with Gasteiger partial charge in [0.15, 0.2) is 0 Å². The highest BCUT2D eigenvalue weighted by Gasteiger charge is 2.14. The van der Waals surface area contributed by atoms with Crippen LogP contribution in [0.15, 0.2) is 35.4 Å². The van der Waals surface area contributed by atoms with Gasteiger partial charge < -0.3 is 5.73 Å². The minimum Gasteiger partial charge on any atom is -0.326 e. The second-order valence-corrected chi connectivity index (χ2v) is 7.22. The summed E-state index contributed by atoms with van der Waals surface area (Å²) in [6, 6.07) is 6.63. The molecule has 0 aliphatic carbocycles. The maximum Gasteiger partial charge on any atom is 0.240 e. The highest BCUT2D eigenvalue weighted by Crippen LogP contribution is 2.15. The van der Waals surface area contributed by atoms with Crippen LogP contribution in [-0.2, 0) is 29.5 Å². The second kappa shape index (κ2) is 6.45. The molecule has 0 radical (unpaired) electrons. The van der Waals surface area contributed by atoms with E-state index in [9.17, 15) is 8.42 Å². The number of nitrogens with one attached hydrogen (secondary N) is 1. The first kappa shape index (κ1) is 15.1. The number of hydrogen-bond donors (Lipinski definition) is 2. The van der Waals surface area contributed by atoms with Crippen LogP contribution in [0.4, 0.5) is 0 Å². The van der Waals surface area contributed by atoms with E-state index < -0.39 is 10.0 Å². The summed E-state index contributed by atoms with van der Waals surface area (Å²) >= 11 is 1.52. The molecule has 3 N–H and O–H groups in total. The third-order valence-electron chi connectivity index (χ3n) is 2.81. The Morgan fingerprint density at radius 3 is 2.85 bits per heavy atom. The average Bonchev–Trinajstić information content (AvgIpc) is 2.93. The maximum absolute atomic E-state index is 12.2. The molecule has 5 nitrogen and oxygen atoms in total. The molecular weight excluding hydrogens is 294 g/mol. The van der Waals surface area contributed by atoms with E-state index in [1.54, 1.807) is 30.5 Å². The molecule has 1 aromatic carbocycles. The largest absolute Gasteiger partial charge is 0.326 e. The normalized spacial score (nSPS) is 11.7. The number of sulfonamides is 1. The first-order valence-corrected chi connectivity index (χ1v) is 8.57. The van der Waals surface area contributed by atoms with Crippen LogP contribution in [0.2, 0.25) is 0 Å². The SMILES string of the molecule is CCc1cnc(CNS(=O)(=O)c2cccc(CN)c2)s1. The monoisotopic (exact) mass is 311 g/mol. The van der Waals surface area contributed by atoms with Crippen molar-refractivity contribution in [2.24, 2.45) is 5.73 Å². The molecule has 1 heterocycles. The van der Waals surface area contributed by atoms with Gasteiger partial charge in [-0.1, -0.05) is 19.1 Å². The highest BCUT2D eigenvalue weighted by molar-refractivity contribution is 7.89. The Balaban J connectivity index is 2.10. The quantitative estimate of drug-likeness (QED) is 0.849. The Labute approximate surface area is 122 Å². The smallest absolute Gasteiger partial charge is 0.240 e. The Morgan fingerprint density at radius 1 is 1.40 bits per heavy atom. The molecule has 0 fully saturated rings. The summed E-state index contributed by atoms with van der Waals surface area (Å²) < 4.78 is 26.9. The Morgan fingerprint density at radius 2 is 2.20 bits per heavy atom. The third-order valence-corrected chi connectivity index (χ3v) is 5.35. The van der Waals surface area contributed by atoms with E-state index >= 15 is 0 Å². The Kier molecular flexibility index (Phi) is 4.87. The van der Waals surface area contributed by atoms with E-state index in [0.29, 0.717) is 6.54 Å². The molecule has 0 spiro atoms. The lowest BCUT2D eigenvalue weighted by atomic mass is 10.2. The number of thiazole rings is 1. The van der Waals surface area contributed by atoms with Crippen molar-refractivity contribution in [2.45, 2.75) is 31.3 Å². The molecule has 0 bridgehead atoms. The van der Waals surface area contributed by atoms with Crippen LogP contribution in [0.1, 0.15) is 22.4 Å². The summed E-state index contributed by atoms with van der Waals surface area (Å²) in [5.74, 6) is 0. The van der Waals surface area contributed by atoms with Crippen molar-refractivity contribution in [3.05, 3.63) is 45.9 Å². The van der Waals surface area contributed by atoms with Crippen LogP contribution in [-0.4, -0.2) is 13.4 Å². The number of nitrogens with zero attached hydrogens (tertiary/aromatic N) is 1. The standard InChI is InChI=1S/C13H17N3O2S2/c1-2-11-8-15-13(19-11)9-16-20(17,18)12-5-3-4-10(6-12)7-14/h3-6,8,16H,2,7,9,14H2,1H3. The molecule has 0 saturated carbocycles. The van der Waals surface area contributed by atoms with Gasteiger partial charge in [0.1, 0.15) is 5.01 Å². The number of benzene rings is 1. The van der Waals surface area contributed by atoms with E-state index in [0.717, 1.165) is 21.9 Å². The lowest BCUT2D eigenvalue weighted by molar-refractivity contribution is 0.581. The zero-order chi connectivity index (χ0) is 14.6. The van der Waals surface area contributed by atoms with Crippen LogP contribution in [0, 0.1) is 0 Å². The molecule has 108 valence electrons. The van der Waals surface area contributed by atoms with Crippen molar-refractivity contribution in [2.75, 3.05) is 0 Å². The first-order valence-electron chi connectivity index (χ1n) is 6.27. The fraction of sp³-hybridized carbons (Fsp3) is 0.308. The van der Waals surface area contributed by atoms with Crippen molar-refractivity contribution < 1.29 is 8.42 Å². The molecule has 0 saturated heterocycles. The molecule has 0 aliphatic rings. The van der Waals surface area contributed by atoms with E-state index in [4.69, 9.17) is 5.73 Å². The number of hydrogen-bond acceptors (Lipinski definition) is 5. The van der Waals surface area contributed by atoms with Crippen molar-refractivity contribution in [3.8, 4) is 0 Å². The average molecular weight is 311 g/mol. The number of rotatable bonds is 6. The predicted octanol–water partition coefficient (Wildman–Crippen LogP) is 1.64. The van der Waals surface area contributed by atoms with Crippen LogP contribution in [0.5, 0.6) is 0 Å². The van der Waals surface area contributed by atoms with Gasteiger partial charge >= 0.3 is 0 Å². The Bertz CT molecular complexity index is 680. The lowest BCUT2D eigenvalue weighted by Crippen LogP contribution is -2.23. The summed E-state index contributed by atoms with van der Waals surface area (Å²) in [5.41, 5.74) is 6.31. The van der Waals surface area contributed by atoms with Gasteiger partial charge in [0.2, 0.25) is 10.0 Å². The number of aryl methyl sites for hydroxylation is 1. The highest BCUT2D eigenvalue weighted by atomic mass is 32.2. The second-order valence-electron chi connectivity index (χ2n) is 4.25. The third kappa shape index (κ3) is 3.63. The molecule has 2 aromatic rings.